The first-order valence-corrected chi connectivity index (χ1v) is 9.18. The molecule has 2 aromatic rings. The molecule has 1 saturated heterocycles. The van der Waals surface area contributed by atoms with E-state index < -0.39 is 0 Å². The van der Waals surface area contributed by atoms with Crippen LogP contribution in [0.2, 0.25) is 0 Å². The molecule has 1 aliphatic rings. The van der Waals surface area contributed by atoms with Gasteiger partial charge in [0.2, 0.25) is 0 Å². The molecule has 2 N–H and O–H groups in total. The fourth-order valence-electron chi connectivity index (χ4n) is 3.38. The zero-order valence-electron chi connectivity index (χ0n) is 15.2. The molecule has 2 aromatic carbocycles. The van der Waals surface area contributed by atoms with Crippen LogP contribution in [0.4, 0.5) is 11.4 Å². The van der Waals surface area contributed by atoms with Crippen LogP contribution in [0.5, 0.6) is 11.5 Å². The Balaban J connectivity index is 1.76. The highest BCUT2D eigenvalue weighted by molar-refractivity contribution is 5.57. The summed E-state index contributed by atoms with van der Waals surface area (Å²) in [6.45, 7) is 5.09. The number of benzene rings is 2. The molecule has 4 nitrogen and oxygen atoms in total. The number of aromatic hydroxyl groups is 2. The normalized spacial score (nSPS) is 14.6. The standard InChI is InChI=1S/C21H28N2O2/c1-3-22(2)18-9-7-16(20(24)14-18)13-17-8-10-19(15-21(17)25)23-11-5-4-6-12-23/h7-10,14-15,24-25H,3-6,11-13H2,1-2H3. The lowest BCUT2D eigenvalue weighted by atomic mass is 10.0. The Morgan fingerprint density at radius 2 is 1.56 bits per heavy atom. The molecule has 0 radical (unpaired) electrons. The number of hydrogen-bond acceptors (Lipinski definition) is 4. The Kier molecular flexibility index (Phi) is 5.37. The first kappa shape index (κ1) is 17.5. The second kappa shape index (κ2) is 7.68. The summed E-state index contributed by atoms with van der Waals surface area (Å²) < 4.78 is 0. The van der Waals surface area contributed by atoms with Crippen LogP contribution < -0.4 is 9.80 Å². The molecular formula is C21H28N2O2. The quantitative estimate of drug-likeness (QED) is 0.859. The minimum Gasteiger partial charge on any atom is -0.508 e. The van der Waals surface area contributed by atoms with Gasteiger partial charge in [-0.15, -0.1) is 0 Å². The van der Waals surface area contributed by atoms with E-state index in [4.69, 9.17) is 0 Å². The van der Waals surface area contributed by atoms with Crippen molar-refractivity contribution >= 4 is 11.4 Å². The fraction of sp³-hybridized carbons (Fsp3) is 0.429. The Morgan fingerprint density at radius 3 is 2.16 bits per heavy atom. The van der Waals surface area contributed by atoms with E-state index in [0.29, 0.717) is 12.2 Å². The van der Waals surface area contributed by atoms with E-state index in [1.165, 1.54) is 19.3 Å². The average Bonchev–Trinajstić information content (AvgIpc) is 2.64. The van der Waals surface area contributed by atoms with Crippen LogP contribution in [0, 0.1) is 0 Å². The molecule has 25 heavy (non-hydrogen) atoms. The van der Waals surface area contributed by atoms with Gasteiger partial charge in [0, 0.05) is 56.6 Å². The summed E-state index contributed by atoms with van der Waals surface area (Å²) in [6.07, 6.45) is 4.25. The summed E-state index contributed by atoms with van der Waals surface area (Å²) in [5.74, 6) is 0.578. The van der Waals surface area contributed by atoms with Gasteiger partial charge >= 0.3 is 0 Å². The van der Waals surface area contributed by atoms with Crippen LogP contribution in [0.25, 0.3) is 0 Å². The van der Waals surface area contributed by atoms with Crippen molar-refractivity contribution in [2.24, 2.45) is 0 Å². The molecule has 1 fully saturated rings. The Labute approximate surface area is 150 Å². The lowest BCUT2D eigenvalue weighted by Gasteiger charge is -2.29. The van der Waals surface area contributed by atoms with E-state index in [1.54, 1.807) is 6.07 Å². The maximum atomic E-state index is 10.4. The molecule has 4 heteroatoms. The van der Waals surface area contributed by atoms with Crippen LogP contribution in [0.1, 0.15) is 37.3 Å². The summed E-state index contributed by atoms with van der Waals surface area (Å²) in [7, 11) is 2.00. The number of piperidine rings is 1. The van der Waals surface area contributed by atoms with Crippen LogP contribution in [-0.2, 0) is 6.42 Å². The van der Waals surface area contributed by atoms with Gasteiger partial charge in [0.1, 0.15) is 11.5 Å². The van der Waals surface area contributed by atoms with Crippen molar-refractivity contribution in [3.8, 4) is 11.5 Å². The van der Waals surface area contributed by atoms with E-state index in [-0.39, 0.29) is 5.75 Å². The van der Waals surface area contributed by atoms with Gasteiger partial charge in [-0.05, 0) is 49.4 Å². The van der Waals surface area contributed by atoms with E-state index in [2.05, 4.69) is 22.8 Å². The monoisotopic (exact) mass is 340 g/mol. The SMILES string of the molecule is CCN(C)c1ccc(Cc2ccc(N3CCCCC3)cc2O)c(O)c1. The number of rotatable bonds is 5. The number of nitrogens with zero attached hydrogens (tertiary/aromatic N) is 2. The van der Waals surface area contributed by atoms with Crippen LogP contribution in [0.3, 0.4) is 0 Å². The zero-order chi connectivity index (χ0) is 17.8. The lowest BCUT2D eigenvalue weighted by molar-refractivity contribution is 0.462. The van der Waals surface area contributed by atoms with Crippen molar-refractivity contribution in [1.82, 2.24) is 0 Å². The average molecular weight is 340 g/mol. The summed E-state index contributed by atoms with van der Waals surface area (Å²) in [4.78, 5) is 4.41. The lowest BCUT2D eigenvalue weighted by Crippen LogP contribution is -2.29. The minimum absolute atomic E-state index is 0.275. The smallest absolute Gasteiger partial charge is 0.121 e. The molecule has 1 heterocycles. The number of phenols is 2. The third-order valence-corrected chi connectivity index (χ3v) is 5.15. The van der Waals surface area contributed by atoms with Crippen molar-refractivity contribution in [1.29, 1.82) is 0 Å². The van der Waals surface area contributed by atoms with E-state index in [1.807, 2.05) is 31.3 Å². The van der Waals surface area contributed by atoms with Crippen molar-refractivity contribution in [3.63, 3.8) is 0 Å². The molecule has 0 spiro atoms. The maximum absolute atomic E-state index is 10.4. The predicted molar refractivity (Wildman–Crippen MR) is 104 cm³/mol. The maximum Gasteiger partial charge on any atom is 0.121 e. The van der Waals surface area contributed by atoms with Crippen LogP contribution >= 0.6 is 0 Å². The van der Waals surface area contributed by atoms with Crippen LogP contribution in [-0.4, -0.2) is 36.9 Å². The number of anilines is 2. The third-order valence-electron chi connectivity index (χ3n) is 5.15. The molecule has 0 amide bonds. The second-order valence-electron chi connectivity index (χ2n) is 6.86. The van der Waals surface area contributed by atoms with Crippen LogP contribution in [0.15, 0.2) is 36.4 Å². The molecule has 0 bridgehead atoms. The van der Waals surface area contributed by atoms with Gasteiger partial charge in [0.25, 0.3) is 0 Å². The van der Waals surface area contributed by atoms with E-state index in [0.717, 1.165) is 42.1 Å². The highest BCUT2D eigenvalue weighted by Crippen LogP contribution is 2.31. The molecule has 1 aliphatic heterocycles. The predicted octanol–water partition coefficient (Wildman–Crippen LogP) is 4.14. The molecular weight excluding hydrogens is 312 g/mol. The van der Waals surface area contributed by atoms with Gasteiger partial charge in [0.05, 0.1) is 0 Å². The highest BCUT2D eigenvalue weighted by atomic mass is 16.3. The first-order chi connectivity index (χ1) is 12.1. The van der Waals surface area contributed by atoms with Crippen molar-refractivity contribution in [3.05, 3.63) is 47.5 Å². The highest BCUT2D eigenvalue weighted by Gasteiger charge is 2.14. The molecule has 0 unspecified atom stereocenters. The molecule has 0 atom stereocenters. The van der Waals surface area contributed by atoms with E-state index in [9.17, 15) is 10.2 Å². The topological polar surface area (TPSA) is 46.9 Å². The fourth-order valence-corrected chi connectivity index (χ4v) is 3.38. The second-order valence-corrected chi connectivity index (χ2v) is 6.86. The largest absolute Gasteiger partial charge is 0.508 e. The molecule has 0 aromatic heterocycles. The third kappa shape index (κ3) is 4.01. The van der Waals surface area contributed by atoms with Gasteiger partial charge in [-0.3, -0.25) is 0 Å². The Bertz CT molecular complexity index is 724. The van der Waals surface area contributed by atoms with Gasteiger partial charge in [-0.2, -0.15) is 0 Å². The molecule has 3 rings (SSSR count). The minimum atomic E-state index is 0.275. The van der Waals surface area contributed by atoms with Crippen molar-refractivity contribution in [2.45, 2.75) is 32.6 Å². The van der Waals surface area contributed by atoms with Crippen molar-refractivity contribution < 1.29 is 10.2 Å². The number of hydrogen-bond donors (Lipinski definition) is 2. The van der Waals surface area contributed by atoms with E-state index >= 15 is 0 Å². The Hall–Kier alpha value is -2.36. The summed E-state index contributed by atoms with van der Waals surface area (Å²) in [5, 5.41) is 20.8. The van der Waals surface area contributed by atoms with Gasteiger partial charge in [0.15, 0.2) is 0 Å². The molecule has 134 valence electrons. The molecule has 0 saturated carbocycles. The van der Waals surface area contributed by atoms with Gasteiger partial charge in [-0.25, -0.2) is 0 Å². The molecule has 0 aliphatic carbocycles. The zero-order valence-corrected chi connectivity index (χ0v) is 15.2. The van der Waals surface area contributed by atoms with Gasteiger partial charge in [-0.1, -0.05) is 12.1 Å². The first-order valence-electron chi connectivity index (χ1n) is 9.18. The Morgan fingerprint density at radius 1 is 0.920 bits per heavy atom. The summed E-state index contributed by atoms with van der Waals surface area (Å²) in [5.41, 5.74) is 3.75. The number of phenolic OH excluding ortho intramolecular Hbond substituents is 2. The van der Waals surface area contributed by atoms with Crippen molar-refractivity contribution in [2.75, 3.05) is 36.5 Å². The summed E-state index contributed by atoms with van der Waals surface area (Å²) in [6, 6.07) is 11.7. The van der Waals surface area contributed by atoms with Gasteiger partial charge < -0.3 is 20.0 Å². The summed E-state index contributed by atoms with van der Waals surface area (Å²) >= 11 is 0.